The standard InChI is InChI=1S/C13H20N2O2/c16-12(14-11-3-4-11)9-5-7-15(8-6-9)13(17)10-1-2-10/h9-11H,1-8H2,(H,14,16). The fourth-order valence-corrected chi connectivity index (χ4v) is 2.50. The monoisotopic (exact) mass is 236 g/mol. The Kier molecular flexibility index (Phi) is 2.81. The van der Waals surface area contributed by atoms with E-state index in [0.29, 0.717) is 17.9 Å². The van der Waals surface area contributed by atoms with Gasteiger partial charge in [0.2, 0.25) is 11.8 Å². The van der Waals surface area contributed by atoms with Crippen LogP contribution in [0.15, 0.2) is 0 Å². The highest BCUT2D eigenvalue weighted by atomic mass is 16.2. The van der Waals surface area contributed by atoms with Gasteiger partial charge in [-0.2, -0.15) is 0 Å². The number of nitrogens with one attached hydrogen (secondary N) is 1. The molecule has 2 aliphatic carbocycles. The van der Waals surface area contributed by atoms with Gasteiger partial charge in [0.1, 0.15) is 0 Å². The smallest absolute Gasteiger partial charge is 0.225 e. The molecule has 3 rings (SSSR count). The van der Waals surface area contributed by atoms with E-state index in [0.717, 1.165) is 51.6 Å². The molecule has 17 heavy (non-hydrogen) atoms. The van der Waals surface area contributed by atoms with Gasteiger partial charge >= 0.3 is 0 Å². The van der Waals surface area contributed by atoms with Crippen LogP contribution in [0, 0.1) is 11.8 Å². The molecule has 4 nitrogen and oxygen atoms in total. The number of carbonyl (C=O) groups excluding carboxylic acids is 2. The Morgan fingerprint density at radius 3 is 2.06 bits per heavy atom. The molecule has 0 spiro atoms. The zero-order valence-corrected chi connectivity index (χ0v) is 10.2. The molecule has 0 aromatic heterocycles. The summed E-state index contributed by atoms with van der Waals surface area (Å²) in [4.78, 5) is 25.7. The molecule has 1 heterocycles. The van der Waals surface area contributed by atoms with Crippen molar-refractivity contribution >= 4 is 11.8 Å². The van der Waals surface area contributed by atoms with Gasteiger partial charge in [0.25, 0.3) is 0 Å². The second-order valence-corrected chi connectivity index (χ2v) is 5.66. The van der Waals surface area contributed by atoms with Gasteiger partial charge in [-0.25, -0.2) is 0 Å². The predicted octanol–water partition coefficient (Wildman–Crippen LogP) is 0.914. The van der Waals surface area contributed by atoms with Crippen LogP contribution in [-0.2, 0) is 9.59 Å². The molecule has 1 saturated heterocycles. The molecule has 0 aromatic rings. The number of amides is 2. The molecular formula is C13H20N2O2. The van der Waals surface area contributed by atoms with Crippen LogP contribution >= 0.6 is 0 Å². The first-order valence-electron chi connectivity index (χ1n) is 6.83. The molecule has 2 saturated carbocycles. The lowest BCUT2D eigenvalue weighted by molar-refractivity contribution is -0.136. The van der Waals surface area contributed by atoms with Gasteiger partial charge in [-0.1, -0.05) is 0 Å². The molecule has 0 unspecified atom stereocenters. The largest absolute Gasteiger partial charge is 0.353 e. The van der Waals surface area contributed by atoms with Crippen molar-refractivity contribution < 1.29 is 9.59 Å². The summed E-state index contributed by atoms with van der Waals surface area (Å²) >= 11 is 0. The van der Waals surface area contributed by atoms with Crippen molar-refractivity contribution in [3.05, 3.63) is 0 Å². The topological polar surface area (TPSA) is 49.4 Å². The number of carbonyl (C=O) groups is 2. The molecular weight excluding hydrogens is 216 g/mol. The normalized spacial score (nSPS) is 25.8. The third-order valence-electron chi connectivity index (χ3n) is 4.03. The molecule has 0 radical (unpaired) electrons. The number of piperidine rings is 1. The maximum Gasteiger partial charge on any atom is 0.225 e. The van der Waals surface area contributed by atoms with Gasteiger partial charge in [0.15, 0.2) is 0 Å². The van der Waals surface area contributed by atoms with Crippen molar-refractivity contribution in [3.63, 3.8) is 0 Å². The summed E-state index contributed by atoms with van der Waals surface area (Å²) in [5.74, 6) is 0.989. The van der Waals surface area contributed by atoms with Gasteiger partial charge in [-0.05, 0) is 38.5 Å². The van der Waals surface area contributed by atoms with Gasteiger partial charge in [0.05, 0.1) is 0 Å². The molecule has 1 aliphatic heterocycles. The van der Waals surface area contributed by atoms with Crippen LogP contribution in [0.4, 0.5) is 0 Å². The van der Waals surface area contributed by atoms with E-state index in [9.17, 15) is 9.59 Å². The van der Waals surface area contributed by atoms with E-state index >= 15 is 0 Å². The lowest BCUT2D eigenvalue weighted by Gasteiger charge is -2.31. The second-order valence-electron chi connectivity index (χ2n) is 5.66. The van der Waals surface area contributed by atoms with Crippen molar-refractivity contribution in [1.82, 2.24) is 10.2 Å². The van der Waals surface area contributed by atoms with E-state index in [4.69, 9.17) is 0 Å². The van der Waals surface area contributed by atoms with Crippen LogP contribution in [0.1, 0.15) is 38.5 Å². The third-order valence-corrected chi connectivity index (χ3v) is 4.03. The molecule has 94 valence electrons. The van der Waals surface area contributed by atoms with Gasteiger partial charge in [-0.15, -0.1) is 0 Å². The Balaban J connectivity index is 1.45. The predicted molar refractivity (Wildman–Crippen MR) is 63.2 cm³/mol. The van der Waals surface area contributed by atoms with E-state index in [-0.39, 0.29) is 11.8 Å². The number of rotatable bonds is 3. The number of hydrogen-bond acceptors (Lipinski definition) is 2. The van der Waals surface area contributed by atoms with Gasteiger partial charge < -0.3 is 10.2 Å². The molecule has 0 atom stereocenters. The Morgan fingerprint density at radius 1 is 0.882 bits per heavy atom. The molecule has 3 aliphatic rings. The molecule has 0 aromatic carbocycles. The van der Waals surface area contributed by atoms with Crippen molar-refractivity contribution in [1.29, 1.82) is 0 Å². The Morgan fingerprint density at radius 2 is 1.53 bits per heavy atom. The summed E-state index contributed by atoms with van der Waals surface area (Å²) in [6.07, 6.45) is 6.12. The number of likely N-dealkylation sites (tertiary alicyclic amines) is 1. The highest BCUT2D eigenvalue weighted by molar-refractivity contribution is 5.82. The third kappa shape index (κ3) is 2.61. The minimum absolute atomic E-state index is 0.138. The molecule has 0 bridgehead atoms. The van der Waals surface area contributed by atoms with Crippen molar-refractivity contribution in [2.45, 2.75) is 44.6 Å². The first-order valence-corrected chi connectivity index (χ1v) is 6.83. The summed E-state index contributed by atoms with van der Waals surface area (Å²) in [6.45, 7) is 1.55. The maximum atomic E-state index is 11.9. The zero-order valence-electron chi connectivity index (χ0n) is 10.2. The average molecular weight is 236 g/mol. The first kappa shape index (κ1) is 11.1. The first-order chi connectivity index (χ1) is 8.24. The van der Waals surface area contributed by atoms with Crippen LogP contribution in [0.2, 0.25) is 0 Å². The van der Waals surface area contributed by atoms with E-state index in [2.05, 4.69) is 5.32 Å². The number of hydrogen-bond donors (Lipinski definition) is 1. The summed E-state index contributed by atoms with van der Waals surface area (Å²) in [6, 6.07) is 0.452. The molecule has 4 heteroatoms. The van der Waals surface area contributed by atoms with Crippen LogP contribution in [0.5, 0.6) is 0 Å². The summed E-state index contributed by atoms with van der Waals surface area (Å²) in [7, 11) is 0. The summed E-state index contributed by atoms with van der Waals surface area (Å²) in [5.41, 5.74) is 0. The Bertz CT molecular complexity index is 326. The van der Waals surface area contributed by atoms with Crippen LogP contribution in [0.25, 0.3) is 0 Å². The fourth-order valence-electron chi connectivity index (χ4n) is 2.50. The van der Waals surface area contributed by atoms with Crippen molar-refractivity contribution in [3.8, 4) is 0 Å². The zero-order chi connectivity index (χ0) is 11.8. The van der Waals surface area contributed by atoms with E-state index < -0.39 is 0 Å². The quantitative estimate of drug-likeness (QED) is 0.792. The van der Waals surface area contributed by atoms with E-state index in [1.54, 1.807) is 0 Å². The van der Waals surface area contributed by atoms with Crippen LogP contribution in [-0.4, -0.2) is 35.8 Å². The summed E-state index contributed by atoms with van der Waals surface area (Å²) < 4.78 is 0. The van der Waals surface area contributed by atoms with Crippen LogP contribution in [0.3, 0.4) is 0 Å². The lowest BCUT2D eigenvalue weighted by atomic mass is 9.95. The minimum Gasteiger partial charge on any atom is -0.353 e. The lowest BCUT2D eigenvalue weighted by Crippen LogP contribution is -2.43. The minimum atomic E-state index is 0.138. The number of nitrogens with zero attached hydrogens (tertiary/aromatic N) is 1. The van der Waals surface area contributed by atoms with Crippen LogP contribution < -0.4 is 5.32 Å². The van der Waals surface area contributed by atoms with Crippen molar-refractivity contribution in [2.24, 2.45) is 11.8 Å². The summed E-state index contributed by atoms with van der Waals surface area (Å²) in [5, 5.41) is 3.06. The SMILES string of the molecule is O=C(NC1CC1)C1CCN(C(=O)C2CC2)CC1. The van der Waals surface area contributed by atoms with Gasteiger partial charge in [-0.3, -0.25) is 9.59 Å². The second kappa shape index (κ2) is 4.31. The Hall–Kier alpha value is -1.06. The van der Waals surface area contributed by atoms with Crippen molar-refractivity contribution in [2.75, 3.05) is 13.1 Å². The van der Waals surface area contributed by atoms with E-state index in [1.807, 2.05) is 4.90 Å². The van der Waals surface area contributed by atoms with Gasteiger partial charge in [0, 0.05) is 31.0 Å². The Labute approximate surface area is 102 Å². The highest BCUT2D eigenvalue weighted by Gasteiger charge is 2.36. The molecule has 1 N–H and O–H groups in total. The molecule has 2 amide bonds. The highest BCUT2D eigenvalue weighted by Crippen LogP contribution is 2.32. The maximum absolute atomic E-state index is 11.9. The van der Waals surface area contributed by atoms with E-state index in [1.165, 1.54) is 0 Å². The fraction of sp³-hybridized carbons (Fsp3) is 0.846. The average Bonchev–Trinajstić information content (AvgIpc) is 3.21. The molecule has 3 fully saturated rings.